The molecule has 0 saturated carbocycles. The van der Waals surface area contributed by atoms with Gasteiger partial charge < -0.3 is 10.2 Å². The number of likely N-dealkylation sites (tertiary alicyclic amines) is 1. The Balaban J connectivity index is 2.14. The molecular weight excluding hydrogens is 256 g/mol. The van der Waals surface area contributed by atoms with Crippen LogP contribution in [0.15, 0.2) is 12.1 Å². The van der Waals surface area contributed by atoms with Crippen LogP contribution in [0.25, 0.3) is 0 Å². The third-order valence-corrected chi connectivity index (χ3v) is 3.33. The maximum absolute atomic E-state index is 13.6. The molecule has 1 saturated heterocycles. The summed E-state index contributed by atoms with van der Waals surface area (Å²) in [6, 6.07) is 1.74. The number of nitrogens with one attached hydrogen (secondary N) is 1. The SMILES string of the molecule is CN1CCC(CNc2c([N+](=O)[O-])ccc(F)c2F)C1. The zero-order valence-corrected chi connectivity index (χ0v) is 10.5. The first-order chi connectivity index (χ1) is 8.99. The summed E-state index contributed by atoms with van der Waals surface area (Å²) < 4.78 is 26.8. The van der Waals surface area contributed by atoms with Crippen LogP contribution in [-0.4, -0.2) is 36.5 Å². The van der Waals surface area contributed by atoms with Crippen LogP contribution < -0.4 is 5.32 Å². The normalized spacial score (nSPS) is 19.6. The molecule has 1 heterocycles. The van der Waals surface area contributed by atoms with Gasteiger partial charge >= 0.3 is 0 Å². The summed E-state index contributed by atoms with van der Waals surface area (Å²) >= 11 is 0. The highest BCUT2D eigenvalue weighted by Gasteiger charge is 2.24. The summed E-state index contributed by atoms with van der Waals surface area (Å²) in [5.74, 6) is -2.00. The van der Waals surface area contributed by atoms with Crippen molar-refractivity contribution in [2.24, 2.45) is 5.92 Å². The van der Waals surface area contributed by atoms with E-state index < -0.39 is 22.2 Å². The van der Waals surface area contributed by atoms with E-state index in [9.17, 15) is 18.9 Å². The van der Waals surface area contributed by atoms with Crippen LogP contribution in [-0.2, 0) is 0 Å². The molecule has 1 aromatic carbocycles. The van der Waals surface area contributed by atoms with Crippen molar-refractivity contribution in [2.45, 2.75) is 6.42 Å². The van der Waals surface area contributed by atoms with Crippen molar-refractivity contribution in [1.29, 1.82) is 0 Å². The number of hydrogen-bond donors (Lipinski definition) is 1. The highest BCUT2D eigenvalue weighted by atomic mass is 19.2. The molecule has 0 amide bonds. The monoisotopic (exact) mass is 271 g/mol. The lowest BCUT2D eigenvalue weighted by molar-refractivity contribution is -0.384. The van der Waals surface area contributed by atoms with E-state index in [1.807, 2.05) is 7.05 Å². The van der Waals surface area contributed by atoms with E-state index in [-0.39, 0.29) is 11.6 Å². The Morgan fingerprint density at radius 1 is 1.53 bits per heavy atom. The Labute approximate surface area is 109 Å². The first-order valence-electron chi connectivity index (χ1n) is 6.04. The topological polar surface area (TPSA) is 58.4 Å². The number of nitro groups is 1. The number of halogens is 2. The minimum atomic E-state index is -1.19. The van der Waals surface area contributed by atoms with Gasteiger partial charge in [-0.15, -0.1) is 0 Å². The molecule has 1 atom stereocenters. The van der Waals surface area contributed by atoms with E-state index in [0.29, 0.717) is 6.54 Å². The number of benzene rings is 1. The van der Waals surface area contributed by atoms with Crippen molar-refractivity contribution in [3.8, 4) is 0 Å². The fraction of sp³-hybridized carbons (Fsp3) is 0.500. The molecule has 0 spiro atoms. The van der Waals surface area contributed by atoms with E-state index in [2.05, 4.69) is 10.2 Å². The Morgan fingerprint density at radius 3 is 2.84 bits per heavy atom. The molecule has 1 aromatic rings. The molecule has 0 aromatic heterocycles. The van der Waals surface area contributed by atoms with Gasteiger partial charge in [-0.05, 0) is 32.0 Å². The summed E-state index contributed by atoms with van der Waals surface area (Å²) in [4.78, 5) is 12.2. The van der Waals surface area contributed by atoms with E-state index in [0.717, 1.165) is 31.6 Å². The van der Waals surface area contributed by atoms with Crippen molar-refractivity contribution >= 4 is 11.4 Å². The van der Waals surface area contributed by atoms with Crippen molar-refractivity contribution in [3.05, 3.63) is 33.9 Å². The number of nitrogens with zero attached hydrogens (tertiary/aromatic N) is 2. The van der Waals surface area contributed by atoms with Crippen molar-refractivity contribution in [3.63, 3.8) is 0 Å². The van der Waals surface area contributed by atoms with E-state index >= 15 is 0 Å². The molecule has 5 nitrogen and oxygen atoms in total. The molecule has 0 radical (unpaired) electrons. The molecule has 2 rings (SSSR count). The summed E-state index contributed by atoms with van der Waals surface area (Å²) in [5.41, 5.74) is -0.801. The molecule has 19 heavy (non-hydrogen) atoms. The van der Waals surface area contributed by atoms with Crippen LogP contribution in [0.1, 0.15) is 6.42 Å². The molecule has 0 aliphatic carbocycles. The Kier molecular flexibility index (Phi) is 3.94. The smallest absolute Gasteiger partial charge is 0.295 e. The summed E-state index contributed by atoms with van der Waals surface area (Å²) in [6.45, 7) is 2.18. The molecule has 7 heteroatoms. The zero-order chi connectivity index (χ0) is 14.0. The van der Waals surface area contributed by atoms with Crippen LogP contribution >= 0.6 is 0 Å². The van der Waals surface area contributed by atoms with E-state index in [1.54, 1.807) is 0 Å². The predicted octanol–water partition coefficient (Wildman–Crippen LogP) is 2.24. The lowest BCUT2D eigenvalue weighted by Gasteiger charge is -2.13. The summed E-state index contributed by atoms with van der Waals surface area (Å²) in [5, 5.41) is 13.5. The fourth-order valence-electron chi connectivity index (χ4n) is 2.30. The quantitative estimate of drug-likeness (QED) is 0.674. The van der Waals surface area contributed by atoms with Gasteiger partial charge in [0.1, 0.15) is 0 Å². The van der Waals surface area contributed by atoms with E-state index in [4.69, 9.17) is 0 Å². The van der Waals surface area contributed by atoms with Gasteiger partial charge in [0, 0.05) is 19.2 Å². The Bertz CT molecular complexity index is 496. The molecule has 1 aliphatic heterocycles. The lowest BCUT2D eigenvalue weighted by atomic mass is 10.1. The zero-order valence-electron chi connectivity index (χ0n) is 10.5. The van der Waals surface area contributed by atoms with Crippen LogP contribution in [0, 0.1) is 27.7 Å². The average molecular weight is 271 g/mol. The van der Waals surface area contributed by atoms with E-state index in [1.165, 1.54) is 0 Å². The molecule has 1 N–H and O–H groups in total. The highest BCUT2D eigenvalue weighted by molar-refractivity contribution is 5.62. The third-order valence-electron chi connectivity index (χ3n) is 3.33. The van der Waals surface area contributed by atoms with Crippen LogP contribution in [0.5, 0.6) is 0 Å². The van der Waals surface area contributed by atoms with Crippen LogP contribution in [0.3, 0.4) is 0 Å². The number of rotatable bonds is 4. The molecule has 1 unspecified atom stereocenters. The standard InChI is InChI=1S/C12H15F2N3O2/c1-16-5-4-8(7-16)6-15-12-10(17(18)19)3-2-9(13)11(12)14/h2-3,8,15H,4-7H2,1H3. The lowest BCUT2D eigenvalue weighted by Crippen LogP contribution is -2.20. The first kappa shape index (κ1) is 13.7. The average Bonchev–Trinajstić information content (AvgIpc) is 2.76. The molecule has 1 fully saturated rings. The minimum Gasteiger partial charge on any atom is -0.377 e. The number of hydrogen-bond acceptors (Lipinski definition) is 4. The number of nitro benzene ring substituents is 1. The van der Waals surface area contributed by atoms with Crippen LogP contribution in [0.2, 0.25) is 0 Å². The second kappa shape index (κ2) is 5.48. The van der Waals surface area contributed by atoms with Gasteiger partial charge in [-0.25, -0.2) is 8.78 Å². The van der Waals surface area contributed by atoms with Gasteiger partial charge in [-0.1, -0.05) is 0 Å². The minimum absolute atomic E-state index is 0.285. The molecular formula is C12H15F2N3O2. The van der Waals surface area contributed by atoms with Gasteiger partial charge in [0.05, 0.1) is 4.92 Å². The van der Waals surface area contributed by atoms with Gasteiger partial charge in [0.2, 0.25) is 0 Å². The third kappa shape index (κ3) is 2.98. The largest absolute Gasteiger partial charge is 0.377 e. The maximum Gasteiger partial charge on any atom is 0.295 e. The van der Waals surface area contributed by atoms with Crippen molar-refractivity contribution in [2.75, 3.05) is 32.0 Å². The maximum atomic E-state index is 13.6. The summed E-state index contributed by atoms with van der Waals surface area (Å²) in [7, 11) is 1.98. The molecule has 0 bridgehead atoms. The van der Waals surface area contributed by atoms with Gasteiger partial charge in [0.25, 0.3) is 5.69 Å². The first-order valence-corrected chi connectivity index (χ1v) is 6.04. The van der Waals surface area contributed by atoms with Gasteiger partial charge in [-0.3, -0.25) is 10.1 Å². The predicted molar refractivity (Wildman–Crippen MR) is 67.1 cm³/mol. The second-order valence-electron chi connectivity index (χ2n) is 4.81. The summed E-state index contributed by atoms with van der Waals surface area (Å²) in [6.07, 6.45) is 0.939. The Morgan fingerprint density at radius 2 is 2.26 bits per heavy atom. The fourth-order valence-corrected chi connectivity index (χ4v) is 2.30. The number of anilines is 1. The van der Waals surface area contributed by atoms with Crippen LogP contribution in [0.4, 0.5) is 20.2 Å². The molecule has 1 aliphatic rings. The molecule has 104 valence electrons. The van der Waals surface area contributed by atoms with Gasteiger partial charge in [-0.2, -0.15) is 0 Å². The Hall–Kier alpha value is -1.76. The highest BCUT2D eigenvalue weighted by Crippen LogP contribution is 2.29. The van der Waals surface area contributed by atoms with Crippen molar-refractivity contribution in [1.82, 2.24) is 4.90 Å². The second-order valence-corrected chi connectivity index (χ2v) is 4.81. The van der Waals surface area contributed by atoms with Crippen molar-refractivity contribution < 1.29 is 13.7 Å². The van der Waals surface area contributed by atoms with Gasteiger partial charge in [0.15, 0.2) is 17.3 Å².